The molecule has 7 heteroatoms. The van der Waals surface area contributed by atoms with Crippen molar-refractivity contribution in [3.05, 3.63) is 52.1 Å². The van der Waals surface area contributed by atoms with Gasteiger partial charge in [-0.1, -0.05) is 11.6 Å². The largest absolute Gasteiger partial charge is 0.452 e. The second-order valence-corrected chi connectivity index (χ2v) is 6.57. The van der Waals surface area contributed by atoms with Crippen molar-refractivity contribution in [1.29, 1.82) is 0 Å². The third kappa shape index (κ3) is 3.85. The number of nitrogens with zero attached hydrogens (tertiary/aromatic N) is 1. The lowest BCUT2D eigenvalue weighted by Gasteiger charge is -2.09. The molecular formula is C18H18ClFN2O3. The number of carbonyl (C=O) groups excluding carboxylic acids is 2. The highest BCUT2D eigenvalue weighted by atomic mass is 35.5. The first-order chi connectivity index (χ1) is 11.9. The molecule has 1 aliphatic carbocycles. The lowest BCUT2D eigenvalue weighted by molar-refractivity contribution is -0.119. The Morgan fingerprint density at radius 2 is 2.04 bits per heavy atom. The first-order valence-electron chi connectivity index (χ1n) is 7.97. The quantitative estimate of drug-likeness (QED) is 0.815. The number of nitrogens with one attached hydrogen (secondary N) is 1. The van der Waals surface area contributed by atoms with E-state index in [2.05, 4.69) is 9.88 Å². The summed E-state index contributed by atoms with van der Waals surface area (Å²) in [5.74, 6) is -1.84. The molecule has 1 aliphatic rings. The number of rotatable bonds is 5. The molecule has 0 aliphatic heterocycles. The van der Waals surface area contributed by atoms with Crippen LogP contribution in [0.1, 0.15) is 40.6 Å². The SMILES string of the molecule is Cc1cc(C(=O)OCC(=O)Nc2ccc(Cl)cc2F)c(C)n1C1CC1. The van der Waals surface area contributed by atoms with E-state index in [1.165, 1.54) is 12.1 Å². The van der Waals surface area contributed by atoms with Crippen LogP contribution in [0.25, 0.3) is 0 Å². The normalized spacial score (nSPS) is 13.6. The van der Waals surface area contributed by atoms with E-state index in [0.717, 1.165) is 30.3 Å². The summed E-state index contributed by atoms with van der Waals surface area (Å²) in [4.78, 5) is 24.1. The number of benzene rings is 1. The Balaban J connectivity index is 1.60. The maximum absolute atomic E-state index is 13.6. The summed E-state index contributed by atoms with van der Waals surface area (Å²) in [5, 5.41) is 2.58. The van der Waals surface area contributed by atoms with Gasteiger partial charge in [0, 0.05) is 22.5 Å². The Labute approximate surface area is 149 Å². The summed E-state index contributed by atoms with van der Waals surface area (Å²) in [6, 6.07) is 6.13. The van der Waals surface area contributed by atoms with Crippen LogP contribution in [0, 0.1) is 19.7 Å². The molecule has 1 N–H and O–H groups in total. The molecule has 2 aromatic rings. The minimum Gasteiger partial charge on any atom is -0.452 e. The smallest absolute Gasteiger partial charge is 0.340 e. The van der Waals surface area contributed by atoms with Gasteiger partial charge in [-0.2, -0.15) is 0 Å². The molecule has 3 rings (SSSR count). The van der Waals surface area contributed by atoms with Crippen molar-refractivity contribution < 1.29 is 18.7 Å². The molecule has 1 saturated carbocycles. The van der Waals surface area contributed by atoms with E-state index < -0.39 is 24.3 Å². The molecule has 5 nitrogen and oxygen atoms in total. The molecule has 25 heavy (non-hydrogen) atoms. The van der Waals surface area contributed by atoms with E-state index in [1.54, 1.807) is 6.07 Å². The van der Waals surface area contributed by atoms with Crippen molar-refractivity contribution in [3.63, 3.8) is 0 Å². The van der Waals surface area contributed by atoms with Gasteiger partial charge in [-0.25, -0.2) is 9.18 Å². The Bertz CT molecular complexity index is 843. The number of halogens is 2. The number of esters is 1. The van der Waals surface area contributed by atoms with Crippen LogP contribution in [0.5, 0.6) is 0 Å². The lowest BCUT2D eigenvalue weighted by atomic mass is 10.2. The number of hydrogen-bond acceptors (Lipinski definition) is 3. The zero-order chi connectivity index (χ0) is 18.1. The lowest BCUT2D eigenvalue weighted by Crippen LogP contribution is -2.21. The maximum atomic E-state index is 13.6. The van der Waals surface area contributed by atoms with E-state index >= 15 is 0 Å². The average molecular weight is 365 g/mol. The predicted molar refractivity (Wildman–Crippen MR) is 92.5 cm³/mol. The fourth-order valence-electron chi connectivity index (χ4n) is 2.86. The first kappa shape index (κ1) is 17.5. The topological polar surface area (TPSA) is 60.3 Å². The maximum Gasteiger partial charge on any atom is 0.340 e. The monoisotopic (exact) mass is 364 g/mol. The predicted octanol–water partition coefficient (Wildman–Crippen LogP) is 4.03. The van der Waals surface area contributed by atoms with Gasteiger partial charge >= 0.3 is 5.97 Å². The van der Waals surface area contributed by atoms with E-state index in [4.69, 9.17) is 16.3 Å². The van der Waals surface area contributed by atoms with Gasteiger partial charge in [-0.05, 0) is 51.0 Å². The third-order valence-electron chi connectivity index (χ3n) is 4.16. The highest BCUT2D eigenvalue weighted by molar-refractivity contribution is 6.30. The van der Waals surface area contributed by atoms with Gasteiger partial charge in [0.2, 0.25) is 0 Å². The van der Waals surface area contributed by atoms with Crippen LogP contribution in [0.4, 0.5) is 10.1 Å². The van der Waals surface area contributed by atoms with Crippen molar-refractivity contribution in [3.8, 4) is 0 Å². The number of carbonyl (C=O) groups is 2. The molecule has 1 aromatic heterocycles. The fourth-order valence-corrected chi connectivity index (χ4v) is 3.02. The van der Waals surface area contributed by atoms with Crippen molar-refractivity contribution >= 4 is 29.2 Å². The minimum atomic E-state index is -0.653. The molecule has 0 spiro atoms. The Morgan fingerprint density at radius 1 is 1.32 bits per heavy atom. The first-order valence-corrected chi connectivity index (χ1v) is 8.35. The van der Waals surface area contributed by atoms with Crippen LogP contribution < -0.4 is 5.32 Å². The molecule has 1 amide bonds. The van der Waals surface area contributed by atoms with Crippen LogP contribution in [0.3, 0.4) is 0 Å². The van der Waals surface area contributed by atoms with Gasteiger partial charge in [-0.15, -0.1) is 0 Å². The molecule has 0 radical (unpaired) electrons. The minimum absolute atomic E-state index is 0.0163. The van der Waals surface area contributed by atoms with Gasteiger partial charge < -0.3 is 14.6 Å². The molecule has 0 saturated heterocycles. The molecular weight excluding hydrogens is 347 g/mol. The van der Waals surface area contributed by atoms with Gasteiger partial charge in [0.05, 0.1) is 11.3 Å². The zero-order valence-electron chi connectivity index (χ0n) is 13.9. The van der Waals surface area contributed by atoms with E-state index in [0.29, 0.717) is 11.6 Å². The molecule has 0 bridgehead atoms. The Kier molecular flexibility index (Phi) is 4.81. The molecule has 1 heterocycles. The molecule has 0 unspecified atom stereocenters. The van der Waals surface area contributed by atoms with Crippen LogP contribution in [-0.4, -0.2) is 23.1 Å². The summed E-state index contributed by atoms with van der Waals surface area (Å²) in [7, 11) is 0. The average Bonchev–Trinajstić information content (AvgIpc) is 3.33. The van der Waals surface area contributed by atoms with Crippen LogP contribution in [0.15, 0.2) is 24.3 Å². The van der Waals surface area contributed by atoms with E-state index in [-0.39, 0.29) is 10.7 Å². The Hall–Kier alpha value is -2.34. The number of aromatic nitrogens is 1. The van der Waals surface area contributed by atoms with Crippen molar-refractivity contribution in [2.45, 2.75) is 32.7 Å². The molecule has 0 atom stereocenters. The zero-order valence-corrected chi connectivity index (χ0v) is 14.7. The number of anilines is 1. The number of aryl methyl sites for hydroxylation is 1. The van der Waals surface area contributed by atoms with Crippen LogP contribution >= 0.6 is 11.6 Å². The Morgan fingerprint density at radius 3 is 2.68 bits per heavy atom. The molecule has 1 fully saturated rings. The summed E-state index contributed by atoms with van der Waals surface area (Å²) < 4.78 is 20.8. The molecule has 1 aromatic carbocycles. The van der Waals surface area contributed by atoms with Gasteiger partial charge in [0.15, 0.2) is 6.61 Å². The van der Waals surface area contributed by atoms with Gasteiger partial charge in [0.25, 0.3) is 5.91 Å². The second kappa shape index (κ2) is 6.88. The van der Waals surface area contributed by atoms with Crippen LogP contribution in [-0.2, 0) is 9.53 Å². The van der Waals surface area contributed by atoms with Crippen molar-refractivity contribution in [2.24, 2.45) is 0 Å². The summed E-state index contributed by atoms with van der Waals surface area (Å²) in [6.07, 6.45) is 2.22. The van der Waals surface area contributed by atoms with Gasteiger partial charge in [0.1, 0.15) is 5.82 Å². The van der Waals surface area contributed by atoms with Gasteiger partial charge in [-0.3, -0.25) is 4.79 Å². The summed E-state index contributed by atoms with van der Waals surface area (Å²) in [5.41, 5.74) is 2.28. The number of ether oxygens (including phenoxy) is 1. The van der Waals surface area contributed by atoms with Crippen molar-refractivity contribution in [1.82, 2.24) is 4.57 Å². The third-order valence-corrected chi connectivity index (χ3v) is 4.39. The van der Waals surface area contributed by atoms with E-state index in [1.807, 2.05) is 13.8 Å². The number of amides is 1. The molecule has 132 valence electrons. The van der Waals surface area contributed by atoms with Crippen LogP contribution in [0.2, 0.25) is 5.02 Å². The highest BCUT2D eigenvalue weighted by Gasteiger charge is 2.28. The number of hydrogen-bond donors (Lipinski definition) is 1. The standard InChI is InChI=1S/C18H18ClFN2O3/c1-10-7-14(11(2)22(10)13-4-5-13)18(24)25-9-17(23)21-16-6-3-12(19)8-15(16)20/h3,6-8,13H,4-5,9H2,1-2H3,(H,21,23). The second-order valence-electron chi connectivity index (χ2n) is 6.13. The van der Waals surface area contributed by atoms with Crippen molar-refractivity contribution in [2.75, 3.05) is 11.9 Å². The highest BCUT2D eigenvalue weighted by Crippen LogP contribution is 2.38. The summed E-state index contributed by atoms with van der Waals surface area (Å²) in [6.45, 7) is 3.32. The fraction of sp³-hybridized carbons (Fsp3) is 0.333. The summed E-state index contributed by atoms with van der Waals surface area (Å²) >= 11 is 5.66. The van der Waals surface area contributed by atoms with E-state index in [9.17, 15) is 14.0 Å².